The number of benzene rings is 2. The summed E-state index contributed by atoms with van der Waals surface area (Å²) >= 11 is 9.42. The molecular formula is C19H17BrClN3O3. The zero-order valence-electron chi connectivity index (χ0n) is 14.9. The van der Waals surface area contributed by atoms with Crippen molar-refractivity contribution in [2.24, 2.45) is 5.10 Å². The van der Waals surface area contributed by atoms with Crippen molar-refractivity contribution >= 4 is 44.6 Å². The van der Waals surface area contributed by atoms with Crippen molar-refractivity contribution in [3.8, 4) is 11.5 Å². The Balaban J connectivity index is 2.21. The predicted octanol–water partition coefficient (Wildman–Crippen LogP) is 4.53. The molecule has 0 saturated heterocycles. The largest absolute Gasteiger partial charge is 0.504 e. The van der Waals surface area contributed by atoms with Gasteiger partial charge in [-0.1, -0.05) is 41.4 Å². The first-order valence-electron chi connectivity index (χ1n) is 8.15. The van der Waals surface area contributed by atoms with Crippen molar-refractivity contribution < 1.29 is 9.84 Å². The molecule has 27 heavy (non-hydrogen) atoms. The van der Waals surface area contributed by atoms with Crippen LogP contribution in [0, 0.1) is 0 Å². The van der Waals surface area contributed by atoms with E-state index in [1.165, 1.54) is 30.1 Å². The van der Waals surface area contributed by atoms with Gasteiger partial charge < -0.3 is 9.84 Å². The minimum Gasteiger partial charge on any atom is -0.504 e. The lowest BCUT2D eigenvalue weighted by Crippen LogP contribution is -2.23. The number of nitrogens with zero attached hydrogens (tertiary/aromatic N) is 3. The zero-order valence-corrected chi connectivity index (χ0v) is 17.2. The monoisotopic (exact) mass is 449 g/mol. The van der Waals surface area contributed by atoms with Crippen LogP contribution in [0.3, 0.4) is 0 Å². The minimum atomic E-state index is -0.297. The molecule has 0 saturated carbocycles. The molecule has 2 aromatic carbocycles. The SMILES string of the molecule is COc1cc(Cl)cc(C=Nn2c(C(C)C)nc3ccc(Br)cc3c2=O)c1O. The number of halogens is 2. The number of fused-ring (bicyclic) bond motifs is 1. The zero-order chi connectivity index (χ0) is 19.7. The second-order valence-corrected chi connectivity index (χ2v) is 7.55. The van der Waals surface area contributed by atoms with Crippen molar-refractivity contribution in [2.45, 2.75) is 19.8 Å². The van der Waals surface area contributed by atoms with Crippen molar-refractivity contribution in [1.29, 1.82) is 0 Å². The Labute approximate surface area is 169 Å². The van der Waals surface area contributed by atoms with Crippen LogP contribution in [0.25, 0.3) is 10.9 Å². The van der Waals surface area contributed by atoms with Crippen LogP contribution in [-0.2, 0) is 0 Å². The van der Waals surface area contributed by atoms with Crippen molar-refractivity contribution in [2.75, 3.05) is 7.11 Å². The molecule has 1 N–H and O–H groups in total. The van der Waals surface area contributed by atoms with E-state index < -0.39 is 0 Å². The molecule has 0 aliphatic carbocycles. The molecule has 0 atom stereocenters. The summed E-state index contributed by atoms with van der Waals surface area (Å²) in [4.78, 5) is 17.6. The van der Waals surface area contributed by atoms with Gasteiger partial charge in [0.2, 0.25) is 0 Å². The number of methoxy groups -OCH3 is 1. The Hall–Kier alpha value is -2.38. The average Bonchev–Trinajstić information content (AvgIpc) is 2.63. The topological polar surface area (TPSA) is 76.7 Å². The molecule has 0 aliphatic heterocycles. The third kappa shape index (κ3) is 3.84. The Morgan fingerprint density at radius 1 is 1.33 bits per heavy atom. The van der Waals surface area contributed by atoms with Crippen molar-refractivity contribution in [3.05, 3.63) is 61.6 Å². The minimum absolute atomic E-state index is 0.0367. The second-order valence-electron chi connectivity index (χ2n) is 6.19. The molecule has 0 bridgehead atoms. The molecule has 6 nitrogen and oxygen atoms in total. The van der Waals surface area contributed by atoms with Crippen LogP contribution in [0.1, 0.15) is 31.2 Å². The van der Waals surface area contributed by atoms with Crippen LogP contribution in [0.15, 0.2) is 44.7 Å². The standard InChI is InChI=1S/C19H17BrClN3O3/c1-10(2)18-23-15-5-4-12(20)7-14(15)19(26)24(18)22-9-11-6-13(21)8-16(27-3)17(11)25/h4-10,25H,1-3H3. The third-order valence-electron chi connectivity index (χ3n) is 3.95. The Morgan fingerprint density at radius 2 is 2.07 bits per heavy atom. The van der Waals surface area contributed by atoms with Gasteiger partial charge in [-0.2, -0.15) is 9.78 Å². The summed E-state index contributed by atoms with van der Waals surface area (Å²) < 4.78 is 7.11. The summed E-state index contributed by atoms with van der Waals surface area (Å²) in [5.41, 5.74) is 0.635. The number of hydrogen-bond acceptors (Lipinski definition) is 5. The number of ether oxygens (including phenoxy) is 1. The van der Waals surface area contributed by atoms with Crippen LogP contribution in [0.4, 0.5) is 0 Å². The van der Waals surface area contributed by atoms with Gasteiger partial charge in [-0.3, -0.25) is 4.79 Å². The first-order valence-corrected chi connectivity index (χ1v) is 9.32. The van der Waals surface area contributed by atoms with Gasteiger partial charge in [-0.05, 0) is 24.3 Å². The summed E-state index contributed by atoms with van der Waals surface area (Å²) in [6.07, 6.45) is 1.36. The van der Waals surface area contributed by atoms with Gasteiger partial charge in [0.15, 0.2) is 11.5 Å². The molecule has 3 aromatic rings. The fourth-order valence-electron chi connectivity index (χ4n) is 2.62. The van der Waals surface area contributed by atoms with Gasteiger partial charge in [-0.25, -0.2) is 4.98 Å². The smallest absolute Gasteiger partial charge is 0.282 e. The second kappa shape index (κ2) is 7.70. The van der Waals surface area contributed by atoms with Gasteiger partial charge >= 0.3 is 0 Å². The lowest BCUT2D eigenvalue weighted by molar-refractivity contribution is 0.373. The van der Waals surface area contributed by atoms with E-state index in [1.54, 1.807) is 12.1 Å². The number of aromatic hydroxyl groups is 1. The maximum atomic E-state index is 13.0. The maximum absolute atomic E-state index is 13.0. The predicted molar refractivity (Wildman–Crippen MR) is 110 cm³/mol. The summed E-state index contributed by atoms with van der Waals surface area (Å²) in [6, 6.07) is 8.36. The van der Waals surface area contributed by atoms with E-state index in [0.29, 0.717) is 27.3 Å². The summed E-state index contributed by atoms with van der Waals surface area (Å²) in [5.74, 6) is 0.590. The number of aromatic nitrogens is 2. The van der Waals surface area contributed by atoms with Crippen LogP contribution in [0.2, 0.25) is 5.02 Å². The van der Waals surface area contributed by atoms with Crippen LogP contribution in [0.5, 0.6) is 11.5 Å². The summed E-state index contributed by atoms with van der Waals surface area (Å²) in [7, 11) is 1.43. The van der Waals surface area contributed by atoms with Gasteiger partial charge in [0, 0.05) is 27.0 Å². The fraction of sp³-hybridized carbons (Fsp3) is 0.211. The molecule has 0 amide bonds. The van der Waals surface area contributed by atoms with E-state index in [4.69, 9.17) is 16.3 Å². The highest BCUT2D eigenvalue weighted by atomic mass is 79.9. The number of hydrogen-bond donors (Lipinski definition) is 1. The van der Waals surface area contributed by atoms with E-state index >= 15 is 0 Å². The molecule has 0 spiro atoms. The first-order chi connectivity index (χ1) is 12.8. The third-order valence-corrected chi connectivity index (χ3v) is 4.66. The number of phenolic OH excluding ortho intramolecular Hbond substituents is 1. The lowest BCUT2D eigenvalue weighted by Gasteiger charge is -2.12. The van der Waals surface area contributed by atoms with E-state index in [-0.39, 0.29) is 23.0 Å². The highest BCUT2D eigenvalue weighted by Gasteiger charge is 2.14. The van der Waals surface area contributed by atoms with Gasteiger partial charge in [0.25, 0.3) is 5.56 Å². The maximum Gasteiger partial charge on any atom is 0.282 e. The van der Waals surface area contributed by atoms with Crippen LogP contribution < -0.4 is 10.3 Å². The molecule has 140 valence electrons. The highest BCUT2D eigenvalue weighted by Crippen LogP contribution is 2.32. The molecule has 0 unspecified atom stereocenters. The summed E-state index contributed by atoms with van der Waals surface area (Å²) in [6.45, 7) is 3.86. The number of rotatable bonds is 4. The number of phenols is 1. The molecule has 8 heteroatoms. The molecule has 0 fully saturated rings. The fourth-order valence-corrected chi connectivity index (χ4v) is 3.20. The molecule has 3 rings (SSSR count). The van der Waals surface area contributed by atoms with Crippen LogP contribution in [-0.4, -0.2) is 28.1 Å². The average molecular weight is 451 g/mol. The van der Waals surface area contributed by atoms with Crippen molar-refractivity contribution in [1.82, 2.24) is 9.66 Å². The Morgan fingerprint density at radius 3 is 2.74 bits per heavy atom. The molecule has 1 aromatic heterocycles. The quantitative estimate of drug-likeness (QED) is 0.592. The highest BCUT2D eigenvalue weighted by molar-refractivity contribution is 9.10. The van der Waals surface area contributed by atoms with E-state index in [1.807, 2.05) is 19.9 Å². The van der Waals surface area contributed by atoms with E-state index in [0.717, 1.165) is 4.47 Å². The van der Waals surface area contributed by atoms with Crippen molar-refractivity contribution in [3.63, 3.8) is 0 Å². The first kappa shape index (κ1) is 19.4. The molecule has 0 aliphatic rings. The lowest BCUT2D eigenvalue weighted by atomic mass is 10.2. The molecular weight excluding hydrogens is 434 g/mol. The normalized spacial score (nSPS) is 11.6. The van der Waals surface area contributed by atoms with Crippen LogP contribution >= 0.6 is 27.5 Å². The molecule has 1 heterocycles. The Kier molecular flexibility index (Phi) is 5.53. The van der Waals surface area contributed by atoms with E-state index in [2.05, 4.69) is 26.0 Å². The summed E-state index contributed by atoms with van der Waals surface area (Å²) in [5, 5.41) is 15.4. The van der Waals surface area contributed by atoms with Gasteiger partial charge in [0.1, 0.15) is 5.82 Å². The van der Waals surface area contributed by atoms with E-state index in [9.17, 15) is 9.90 Å². The molecule has 0 radical (unpaired) electrons. The van der Waals surface area contributed by atoms with Gasteiger partial charge in [0.05, 0.1) is 24.2 Å². The van der Waals surface area contributed by atoms with Gasteiger partial charge in [-0.15, -0.1) is 0 Å². The Bertz CT molecular complexity index is 1110.